The van der Waals surface area contributed by atoms with Crippen LogP contribution in [-0.4, -0.2) is 23.9 Å². The fourth-order valence-electron chi connectivity index (χ4n) is 1.93. The van der Waals surface area contributed by atoms with Crippen LogP contribution in [-0.2, 0) is 4.79 Å². The van der Waals surface area contributed by atoms with Gasteiger partial charge in [0, 0.05) is 25.2 Å². The van der Waals surface area contributed by atoms with E-state index in [4.69, 9.17) is 5.73 Å². The van der Waals surface area contributed by atoms with Gasteiger partial charge in [-0.15, -0.1) is 0 Å². The summed E-state index contributed by atoms with van der Waals surface area (Å²) < 4.78 is 0. The highest BCUT2D eigenvalue weighted by Crippen LogP contribution is 2.16. The molecule has 0 bridgehead atoms. The fourth-order valence-corrected chi connectivity index (χ4v) is 1.93. The third-order valence-corrected chi connectivity index (χ3v) is 3.24. The van der Waals surface area contributed by atoms with Gasteiger partial charge in [-0.2, -0.15) is 0 Å². The molecule has 0 unspecified atom stereocenters. The van der Waals surface area contributed by atoms with Gasteiger partial charge < -0.3 is 10.6 Å². The highest BCUT2D eigenvalue weighted by Gasteiger charge is 2.18. The van der Waals surface area contributed by atoms with Gasteiger partial charge in [-0.1, -0.05) is 32.0 Å². The van der Waals surface area contributed by atoms with Gasteiger partial charge in [-0.3, -0.25) is 4.79 Å². The largest absolute Gasteiger partial charge is 0.399 e. The van der Waals surface area contributed by atoms with Crippen LogP contribution in [0.5, 0.6) is 0 Å². The van der Waals surface area contributed by atoms with Gasteiger partial charge in [-0.05, 0) is 30.9 Å². The molecule has 1 saturated heterocycles. The van der Waals surface area contributed by atoms with Crippen LogP contribution >= 0.6 is 0 Å². The van der Waals surface area contributed by atoms with Crippen LogP contribution in [0.25, 0.3) is 0 Å². The lowest BCUT2D eigenvalue weighted by atomic mass is 9.99. The molecule has 1 heterocycles. The fraction of sp³-hybridized carbons (Fsp3) is 0.533. The summed E-state index contributed by atoms with van der Waals surface area (Å²) in [6, 6.07) is 9.49. The van der Waals surface area contributed by atoms with Crippen molar-refractivity contribution >= 4 is 11.6 Å². The van der Waals surface area contributed by atoms with E-state index in [1.807, 2.05) is 42.2 Å². The van der Waals surface area contributed by atoms with E-state index in [0.29, 0.717) is 12.3 Å². The van der Waals surface area contributed by atoms with Gasteiger partial charge in [0.1, 0.15) is 0 Å². The van der Waals surface area contributed by atoms with Crippen molar-refractivity contribution in [1.82, 2.24) is 4.90 Å². The summed E-state index contributed by atoms with van der Waals surface area (Å²) in [7, 11) is 0. The van der Waals surface area contributed by atoms with E-state index in [1.165, 1.54) is 12.8 Å². The Morgan fingerprint density at radius 2 is 1.83 bits per heavy atom. The number of hydrogen-bond donors (Lipinski definition) is 1. The van der Waals surface area contributed by atoms with Crippen molar-refractivity contribution < 1.29 is 4.79 Å². The topological polar surface area (TPSA) is 46.3 Å². The predicted octanol–water partition coefficient (Wildman–Crippen LogP) is 2.92. The Kier molecular flexibility index (Phi) is 6.26. The molecule has 0 aromatic heterocycles. The second-order valence-corrected chi connectivity index (χ2v) is 4.83. The molecule has 3 nitrogen and oxygen atoms in total. The number of piperidine rings is 1. The van der Waals surface area contributed by atoms with E-state index < -0.39 is 0 Å². The number of nitrogens with two attached hydrogens (primary N) is 1. The maximum Gasteiger partial charge on any atom is 0.222 e. The Balaban J connectivity index is 0.000000199. The second kappa shape index (κ2) is 7.75. The van der Waals surface area contributed by atoms with Crippen molar-refractivity contribution in [2.24, 2.45) is 5.92 Å². The predicted molar refractivity (Wildman–Crippen MR) is 76.1 cm³/mol. The molecule has 1 aliphatic rings. The molecule has 1 fully saturated rings. The zero-order valence-corrected chi connectivity index (χ0v) is 11.4. The molecule has 18 heavy (non-hydrogen) atoms. The average Bonchev–Trinajstić information content (AvgIpc) is 2.40. The van der Waals surface area contributed by atoms with Gasteiger partial charge in [0.05, 0.1) is 0 Å². The Bertz CT molecular complexity index is 343. The minimum absolute atomic E-state index is 0.317. The Morgan fingerprint density at radius 1 is 1.28 bits per heavy atom. The standard InChI is InChI=1S/C9H17NO.C6H7N/c1-3-9(11)10-6-4-8(2)5-7-10;7-6-4-2-1-3-5-6/h8H,3-7H2,1-2H3;1-5H,7H2. The third-order valence-electron chi connectivity index (χ3n) is 3.24. The molecular formula is C15H24N2O. The zero-order valence-electron chi connectivity index (χ0n) is 11.4. The van der Waals surface area contributed by atoms with Crippen molar-refractivity contribution in [3.8, 4) is 0 Å². The molecule has 1 aliphatic heterocycles. The van der Waals surface area contributed by atoms with Gasteiger partial charge >= 0.3 is 0 Å². The highest BCUT2D eigenvalue weighted by molar-refractivity contribution is 5.75. The van der Waals surface area contributed by atoms with Crippen LogP contribution < -0.4 is 5.73 Å². The number of carbonyl (C=O) groups excluding carboxylic acids is 1. The number of para-hydroxylation sites is 1. The molecule has 0 saturated carbocycles. The molecule has 2 N–H and O–H groups in total. The highest BCUT2D eigenvalue weighted by atomic mass is 16.2. The first-order valence-corrected chi connectivity index (χ1v) is 6.71. The van der Waals surface area contributed by atoms with Crippen molar-refractivity contribution in [3.05, 3.63) is 30.3 Å². The normalized spacial score (nSPS) is 15.8. The van der Waals surface area contributed by atoms with Gasteiger partial charge in [0.2, 0.25) is 5.91 Å². The first kappa shape index (κ1) is 14.6. The second-order valence-electron chi connectivity index (χ2n) is 4.83. The molecule has 1 aromatic rings. The van der Waals surface area contributed by atoms with Crippen LogP contribution in [0.2, 0.25) is 0 Å². The summed E-state index contributed by atoms with van der Waals surface area (Å²) in [6.07, 6.45) is 3.03. The van der Waals surface area contributed by atoms with Crippen LogP contribution in [0.3, 0.4) is 0 Å². The molecule has 1 amide bonds. The quantitative estimate of drug-likeness (QED) is 0.777. The average molecular weight is 248 g/mol. The molecule has 3 heteroatoms. The number of benzene rings is 1. The number of rotatable bonds is 1. The first-order chi connectivity index (χ1) is 8.63. The number of hydrogen-bond acceptors (Lipinski definition) is 2. The number of carbonyl (C=O) groups is 1. The maximum atomic E-state index is 11.2. The molecule has 100 valence electrons. The summed E-state index contributed by atoms with van der Waals surface area (Å²) in [4.78, 5) is 13.2. The summed E-state index contributed by atoms with van der Waals surface area (Å²) in [5.41, 5.74) is 6.18. The van der Waals surface area contributed by atoms with Crippen molar-refractivity contribution in [2.75, 3.05) is 18.8 Å². The third kappa shape index (κ3) is 5.21. The molecular weight excluding hydrogens is 224 g/mol. The molecule has 0 aliphatic carbocycles. The number of likely N-dealkylation sites (tertiary alicyclic amines) is 1. The van der Waals surface area contributed by atoms with Crippen LogP contribution in [0.15, 0.2) is 30.3 Å². The Labute approximate surface area is 110 Å². The maximum absolute atomic E-state index is 11.2. The lowest BCUT2D eigenvalue weighted by molar-refractivity contribution is -0.132. The SMILES string of the molecule is CCC(=O)N1CCC(C)CC1.Nc1ccccc1. The van der Waals surface area contributed by atoms with Crippen molar-refractivity contribution in [3.63, 3.8) is 0 Å². The summed E-state index contributed by atoms with van der Waals surface area (Å²) in [6.45, 7) is 6.15. The monoisotopic (exact) mass is 248 g/mol. The first-order valence-electron chi connectivity index (χ1n) is 6.71. The number of nitrogen functional groups attached to an aromatic ring is 1. The molecule has 0 spiro atoms. The number of nitrogens with zero attached hydrogens (tertiary/aromatic N) is 1. The van der Waals surface area contributed by atoms with E-state index in [1.54, 1.807) is 0 Å². The Hall–Kier alpha value is -1.51. The summed E-state index contributed by atoms with van der Waals surface area (Å²) in [5, 5.41) is 0. The summed E-state index contributed by atoms with van der Waals surface area (Å²) >= 11 is 0. The molecule has 0 radical (unpaired) electrons. The van der Waals surface area contributed by atoms with Crippen molar-refractivity contribution in [1.29, 1.82) is 0 Å². The lowest BCUT2D eigenvalue weighted by Crippen LogP contribution is -2.37. The van der Waals surface area contributed by atoms with Crippen LogP contribution in [0, 0.1) is 5.92 Å². The van der Waals surface area contributed by atoms with Crippen LogP contribution in [0.4, 0.5) is 5.69 Å². The Morgan fingerprint density at radius 3 is 2.22 bits per heavy atom. The lowest BCUT2D eigenvalue weighted by Gasteiger charge is -2.29. The minimum Gasteiger partial charge on any atom is -0.399 e. The number of anilines is 1. The zero-order chi connectivity index (χ0) is 13.4. The summed E-state index contributed by atoms with van der Waals surface area (Å²) in [5.74, 6) is 1.13. The van der Waals surface area contributed by atoms with Gasteiger partial charge in [0.25, 0.3) is 0 Å². The molecule has 2 rings (SSSR count). The van der Waals surface area contributed by atoms with E-state index >= 15 is 0 Å². The van der Waals surface area contributed by atoms with E-state index in [-0.39, 0.29) is 0 Å². The van der Waals surface area contributed by atoms with E-state index in [2.05, 4.69) is 6.92 Å². The van der Waals surface area contributed by atoms with Crippen molar-refractivity contribution in [2.45, 2.75) is 33.1 Å². The van der Waals surface area contributed by atoms with Crippen LogP contribution in [0.1, 0.15) is 33.1 Å². The van der Waals surface area contributed by atoms with E-state index in [9.17, 15) is 4.79 Å². The van der Waals surface area contributed by atoms with Gasteiger partial charge in [0.15, 0.2) is 0 Å². The van der Waals surface area contributed by atoms with Gasteiger partial charge in [-0.25, -0.2) is 0 Å². The number of amides is 1. The molecule has 0 atom stereocenters. The molecule has 1 aromatic carbocycles. The minimum atomic E-state index is 0.317. The van der Waals surface area contributed by atoms with E-state index in [0.717, 1.165) is 24.7 Å². The smallest absolute Gasteiger partial charge is 0.222 e.